The number of alkyl halides is 3. The lowest BCUT2D eigenvalue weighted by atomic mass is 10.1. The van der Waals surface area contributed by atoms with E-state index in [9.17, 15) is 26.4 Å². The molecule has 2 rings (SSSR count). The Labute approximate surface area is 168 Å². The molecule has 1 N–H and O–H groups in total. The van der Waals surface area contributed by atoms with Gasteiger partial charge in [0, 0.05) is 19.6 Å². The zero-order valence-corrected chi connectivity index (χ0v) is 17.0. The van der Waals surface area contributed by atoms with E-state index in [-0.39, 0.29) is 11.4 Å². The van der Waals surface area contributed by atoms with Gasteiger partial charge < -0.3 is 5.32 Å². The van der Waals surface area contributed by atoms with Gasteiger partial charge in [0.05, 0.1) is 16.0 Å². The topological polar surface area (TPSA) is 66.5 Å². The Balaban J connectivity index is 2.01. The second-order valence-corrected chi connectivity index (χ2v) is 8.22. The standard InChI is InChI=1S/C20H23F3N2O3S/c1-3-25(4-2)29(27,28)16-11-9-15(10-12-16)13-14-24-19(26)17-7-5-6-8-18(17)20(21,22)23/h5-12H,3-4,13-14H2,1-2H3,(H,24,26). The molecule has 0 radical (unpaired) electrons. The van der Waals surface area contributed by atoms with Gasteiger partial charge in [-0.1, -0.05) is 38.1 Å². The Kier molecular flexibility index (Phi) is 7.43. The van der Waals surface area contributed by atoms with Gasteiger partial charge in [0.1, 0.15) is 0 Å². The number of nitrogens with one attached hydrogen (secondary N) is 1. The van der Waals surface area contributed by atoms with Crippen molar-refractivity contribution in [1.29, 1.82) is 0 Å². The highest BCUT2D eigenvalue weighted by Crippen LogP contribution is 2.31. The van der Waals surface area contributed by atoms with Crippen LogP contribution in [-0.4, -0.2) is 38.3 Å². The average molecular weight is 428 g/mol. The molecule has 1 amide bonds. The normalized spacial score (nSPS) is 12.2. The van der Waals surface area contributed by atoms with E-state index < -0.39 is 33.2 Å². The van der Waals surface area contributed by atoms with E-state index in [4.69, 9.17) is 0 Å². The molecule has 0 fully saturated rings. The molecule has 0 saturated carbocycles. The van der Waals surface area contributed by atoms with Crippen molar-refractivity contribution in [3.63, 3.8) is 0 Å². The predicted octanol–water partition coefficient (Wildman–Crippen LogP) is 3.71. The molecular formula is C20H23F3N2O3S. The molecule has 0 aliphatic heterocycles. The minimum atomic E-state index is -4.61. The summed E-state index contributed by atoms with van der Waals surface area (Å²) in [5, 5.41) is 2.48. The number of carbonyl (C=O) groups is 1. The van der Waals surface area contributed by atoms with E-state index in [1.807, 2.05) is 0 Å². The van der Waals surface area contributed by atoms with Crippen molar-refractivity contribution in [3.8, 4) is 0 Å². The van der Waals surface area contributed by atoms with Gasteiger partial charge >= 0.3 is 6.18 Å². The third-order valence-electron chi connectivity index (χ3n) is 4.44. The van der Waals surface area contributed by atoms with Crippen molar-refractivity contribution in [2.45, 2.75) is 31.3 Å². The summed E-state index contributed by atoms with van der Waals surface area (Å²) in [6, 6.07) is 10.8. The Morgan fingerprint density at radius 2 is 1.59 bits per heavy atom. The first-order valence-corrected chi connectivity index (χ1v) is 10.6. The first-order valence-electron chi connectivity index (χ1n) is 9.14. The molecule has 29 heavy (non-hydrogen) atoms. The maximum absolute atomic E-state index is 13.0. The number of sulfonamides is 1. The Bertz CT molecular complexity index is 938. The quantitative estimate of drug-likeness (QED) is 0.697. The Morgan fingerprint density at radius 3 is 2.14 bits per heavy atom. The van der Waals surface area contributed by atoms with Crippen LogP contribution in [0.5, 0.6) is 0 Å². The zero-order valence-electron chi connectivity index (χ0n) is 16.2. The smallest absolute Gasteiger partial charge is 0.352 e. The number of carbonyl (C=O) groups excluding carboxylic acids is 1. The Hall–Kier alpha value is -2.39. The fourth-order valence-electron chi connectivity index (χ4n) is 2.88. The molecule has 0 unspecified atom stereocenters. The van der Waals surface area contributed by atoms with Gasteiger partial charge in [-0.15, -0.1) is 0 Å². The van der Waals surface area contributed by atoms with E-state index in [1.165, 1.54) is 28.6 Å². The van der Waals surface area contributed by atoms with Crippen molar-refractivity contribution < 1.29 is 26.4 Å². The number of nitrogens with zero attached hydrogens (tertiary/aromatic N) is 1. The average Bonchev–Trinajstić information content (AvgIpc) is 2.68. The summed E-state index contributed by atoms with van der Waals surface area (Å²) in [4.78, 5) is 12.3. The SMILES string of the molecule is CCN(CC)S(=O)(=O)c1ccc(CCNC(=O)c2ccccc2C(F)(F)F)cc1. The van der Waals surface area contributed by atoms with Crippen LogP contribution >= 0.6 is 0 Å². The van der Waals surface area contributed by atoms with Crippen molar-refractivity contribution in [2.24, 2.45) is 0 Å². The van der Waals surface area contributed by atoms with Crippen LogP contribution in [0.1, 0.15) is 35.3 Å². The number of amides is 1. The number of hydrogen-bond acceptors (Lipinski definition) is 3. The highest BCUT2D eigenvalue weighted by atomic mass is 32.2. The van der Waals surface area contributed by atoms with Gasteiger partial charge in [-0.25, -0.2) is 8.42 Å². The molecule has 0 saturated heterocycles. The summed E-state index contributed by atoms with van der Waals surface area (Å²) in [6.07, 6.45) is -4.26. The predicted molar refractivity (Wildman–Crippen MR) is 104 cm³/mol. The molecule has 9 heteroatoms. The van der Waals surface area contributed by atoms with Crippen LogP contribution in [0, 0.1) is 0 Å². The van der Waals surface area contributed by atoms with Crippen LogP contribution in [0.2, 0.25) is 0 Å². The molecule has 0 bridgehead atoms. The summed E-state index contributed by atoms with van der Waals surface area (Å²) in [7, 11) is -3.55. The van der Waals surface area contributed by atoms with Gasteiger partial charge in [0.25, 0.3) is 5.91 Å². The van der Waals surface area contributed by atoms with Crippen molar-refractivity contribution >= 4 is 15.9 Å². The third kappa shape index (κ3) is 5.57. The van der Waals surface area contributed by atoms with Gasteiger partial charge in [-0.2, -0.15) is 17.5 Å². The molecule has 2 aromatic rings. The minimum absolute atomic E-state index is 0.118. The largest absolute Gasteiger partial charge is 0.417 e. The van der Waals surface area contributed by atoms with Crippen molar-refractivity contribution in [2.75, 3.05) is 19.6 Å². The number of rotatable bonds is 8. The van der Waals surface area contributed by atoms with Gasteiger partial charge in [-0.3, -0.25) is 4.79 Å². The fraction of sp³-hybridized carbons (Fsp3) is 0.350. The number of benzene rings is 2. The maximum Gasteiger partial charge on any atom is 0.417 e. The van der Waals surface area contributed by atoms with Crippen molar-refractivity contribution in [3.05, 3.63) is 65.2 Å². The van der Waals surface area contributed by atoms with Gasteiger partial charge in [-0.05, 0) is 36.2 Å². The minimum Gasteiger partial charge on any atom is -0.352 e. The van der Waals surface area contributed by atoms with E-state index in [0.29, 0.717) is 19.5 Å². The molecule has 0 aliphatic carbocycles. The lowest BCUT2D eigenvalue weighted by Gasteiger charge is -2.18. The molecule has 2 aromatic carbocycles. The second kappa shape index (κ2) is 9.41. The van der Waals surface area contributed by atoms with Crippen LogP contribution in [0.3, 0.4) is 0 Å². The summed E-state index contributed by atoms with van der Waals surface area (Å²) < 4.78 is 65.3. The van der Waals surface area contributed by atoms with Crippen LogP contribution in [0.25, 0.3) is 0 Å². The molecule has 0 spiro atoms. The van der Waals surface area contributed by atoms with E-state index in [1.54, 1.807) is 26.0 Å². The summed E-state index contributed by atoms with van der Waals surface area (Å²) in [5.74, 6) is -0.807. The second-order valence-electron chi connectivity index (χ2n) is 6.28. The van der Waals surface area contributed by atoms with E-state index >= 15 is 0 Å². The van der Waals surface area contributed by atoms with Crippen LogP contribution in [0.15, 0.2) is 53.4 Å². The zero-order chi connectivity index (χ0) is 21.7. The van der Waals surface area contributed by atoms with Gasteiger partial charge in [0.15, 0.2) is 0 Å². The lowest BCUT2D eigenvalue weighted by Crippen LogP contribution is -2.30. The van der Waals surface area contributed by atoms with E-state index in [0.717, 1.165) is 17.7 Å². The summed E-state index contributed by atoms with van der Waals surface area (Å²) in [6.45, 7) is 4.37. The van der Waals surface area contributed by atoms with Crippen LogP contribution < -0.4 is 5.32 Å². The first kappa shape index (κ1) is 22.9. The monoisotopic (exact) mass is 428 g/mol. The van der Waals surface area contributed by atoms with E-state index in [2.05, 4.69) is 5.32 Å². The van der Waals surface area contributed by atoms with Gasteiger partial charge in [0.2, 0.25) is 10.0 Å². The van der Waals surface area contributed by atoms with Crippen LogP contribution in [-0.2, 0) is 22.6 Å². The molecule has 158 valence electrons. The fourth-order valence-corrected chi connectivity index (χ4v) is 4.34. The molecule has 0 aliphatic rings. The molecule has 0 heterocycles. The third-order valence-corrected chi connectivity index (χ3v) is 6.51. The molecular weight excluding hydrogens is 405 g/mol. The first-order chi connectivity index (χ1) is 13.6. The van der Waals surface area contributed by atoms with Crippen LogP contribution in [0.4, 0.5) is 13.2 Å². The Morgan fingerprint density at radius 1 is 1.00 bits per heavy atom. The summed E-state index contributed by atoms with van der Waals surface area (Å²) in [5.41, 5.74) is -0.656. The number of halogens is 3. The molecule has 5 nitrogen and oxygen atoms in total. The van der Waals surface area contributed by atoms with Crippen molar-refractivity contribution in [1.82, 2.24) is 9.62 Å². The molecule has 0 atom stereocenters. The summed E-state index contributed by atoms with van der Waals surface area (Å²) >= 11 is 0. The number of hydrogen-bond donors (Lipinski definition) is 1. The maximum atomic E-state index is 13.0. The molecule has 0 aromatic heterocycles. The highest BCUT2D eigenvalue weighted by Gasteiger charge is 2.34. The highest BCUT2D eigenvalue weighted by molar-refractivity contribution is 7.89. The lowest BCUT2D eigenvalue weighted by molar-refractivity contribution is -0.137.